The molecule has 3 rings (SSSR count). The molecule has 0 bridgehead atoms. The Morgan fingerprint density at radius 1 is 1.06 bits per heavy atom. The molecule has 0 aromatic rings. The summed E-state index contributed by atoms with van der Waals surface area (Å²) >= 11 is 0. The van der Waals surface area contributed by atoms with Crippen LogP contribution in [0.4, 0.5) is 0 Å². The highest BCUT2D eigenvalue weighted by molar-refractivity contribution is 5.89. The molecule has 4 nitrogen and oxygen atoms in total. The molecule has 0 aromatic heterocycles. The van der Waals surface area contributed by atoms with E-state index in [1.165, 1.54) is 12.8 Å². The third-order valence-corrected chi connectivity index (χ3v) is 4.69. The monoisotopic (exact) mass is 250 g/mol. The van der Waals surface area contributed by atoms with Crippen molar-refractivity contribution in [3.05, 3.63) is 0 Å². The van der Waals surface area contributed by atoms with Gasteiger partial charge in [0.15, 0.2) is 0 Å². The lowest BCUT2D eigenvalue weighted by Crippen LogP contribution is -2.38. The van der Waals surface area contributed by atoms with Crippen molar-refractivity contribution in [2.75, 3.05) is 19.6 Å². The van der Waals surface area contributed by atoms with Gasteiger partial charge >= 0.3 is 0 Å². The lowest BCUT2D eigenvalue weighted by molar-refractivity contribution is -0.134. The SMILES string of the molecule is O=C(C1CC(=O)N(C2CCCC2)C1)N1CCCC1. The van der Waals surface area contributed by atoms with Gasteiger partial charge in [0.05, 0.1) is 5.92 Å². The predicted octanol–water partition coefficient (Wildman–Crippen LogP) is 1.40. The average molecular weight is 250 g/mol. The standard InChI is InChI=1S/C14H22N2O2/c17-13-9-11(14(18)15-7-3-4-8-15)10-16(13)12-5-1-2-6-12/h11-12H,1-10H2. The fourth-order valence-corrected chi connectivity index (χ4v) is 3.66. The van der Waals surface area contributed by atoms with E-state index in [0.717, 1.165) is 38.8 Å². The van der Waals surface area contributed by atoms with Crippen LogP contribution in [0, 0.1) is 5.92 Å². The van der Waals surface area contributed by atoms with Crippen LogP contribution in [0.25, 0.3) is 0 Å². The Kier molecular flexibility index (Phi) is 3.27. The number of hydrogen-bond donors (Lipinski definition) is 0. The molecule has 1 saturated carbocycles. The fourth-order valence-electron chi connectivity index (χ4n) is 3.66. The summed E-state index contributed by atoms with van der Waals surface area (Å²) in [5.74, 6) is 0.372. The van der Waals surface area contributed by atoms with Crippen molar-refractivity contribution in [2.24, 2.45) is 5.92 Å². The number of carbonyl (C=O) groups is 2. The Balaban J connectivity index is 1.62. The van der Waals surface area contributed by atoms with Gasteiger partial charge in [-0.3, -0.25) is 9.59 Å². The summed E-state index contributed by atoms with van der Waals surface area (Å²) < 4.78 is 0. The fraction of sp³-hybridized carbons (Fsp3) is 0.857. The summed E-state index contributed by atoms with van der Waals surface area (Å²) in [7, 11) is 0. The Bertz CT molecular complexity index is 344. The summed E-state index contributed by atoms with van der Waals surface area (Å²) in [5, 5.41) is 0. The van der Waals surface area contributed by atoms with Gasteiger partial charge in [0.2, 0.25) is 11.8 Å². The third-order valence-electron chi connectivity index (χ3n) is 4.69. The molecule has 4 heteroatoms. The highest BCUT2D eigenvalue weighted by atomic mass is 16.2. The van der Waals surface area contributed by atoms with Gasteiger partial charge in [-0.25, -0.2) is 0 Å². The molecule has 3 aliphatic rings. The van der Waals surface area contributed by atoms with Crippen molar-refractivity contribution in [2.45, 2.75) is 51.0 Å². The van der Waals surface area contributed by atoms with E-state index in [9.17, 15) is 9.59 Å². The highest BCUT2D eigenvalue weighted by Gasteiger charge is 2.40. The van der Waals surface area contributed by atoms with E-state index in [2.05, 4.69) is 0 Å². The van der Waals surface area contributed by atoms with Crippen LogP contribution in [0.1, 0.15) is 44.9 Å². The van der Waals surface area contributed by atoms with Crippen molar-refractivity contribution in [1.82, 2.24) is 9.80 Å². The molecule has 0 aromatic carbocycles. The Morgan fingerprint density at radius 2 is 1.72 bits per heavy atom. The van der Waals surface area contributed by atoms with Crippen molar-refractivity contribution in [3.8, 4) is 0 Å². The van der Waals surface area contributed by atoms with Crippen LogP contribution in [0.2, 0.25) is 0 Å². The number of likely N-dealkylation sites (tertiary alicyclic amines) is 2. The number of amides is 2. The maximum atomic E-state index is 12.3. The first-order valence-electron chi connectivity index (χ1n) is 7.34. The first kappa shape index (κ1) is 12.0. The lowest BCUT2D eigenvalue weighted by Gasteiger charge is -2.25. The van der Waals surface area contributed by atoms with Gasteiger partial charge in [0.1, 0.15) is 0 Å². The van der Waals surface area contributed by atoms with Gasteiger partial charge < -0.3 is 9.80 Å². The molecule has 100 valence electrons. The summed E-state index contributed by atoms with van der Waals surface area (Å²) in [5.41, 5.74) is 0. The molecule has 0 radical (unpaired) electrons. The molecule has 0 N–H and O–H groups in total. The maximum Gasteiger partial charge on any atom is 0.227 e. The van der Waals surface area contributed by atoms with E-state index >= 15 is 0 Å². The quantitative estimate of drug-likeness (QED) is 0.743. The first-order valence-corrected chi connectivity index (χ1v) is 7.34. The third kappa shape index (κ3) is 2.13. The average Bonchev–Trinajstić information content (AvgIpc) is 3.09. The van der Waals surface area contributed by atoms with E-state index in [1.54, 1.807) is 0 Å². The normalized spacial score (nSPS) is 29.6. The summed E-state index contributed by atoms with van der Waals surface area (Å²) in [4.78, 5) is 28.3. The van der Waals surface area contributed by atoms with Gasteiger partial charge in [-0.05, 0) is 25.7 Å². The van der Waals surface area contributed by atoms with Crippen LogP contribution in [0.3, 0.4) is 0 Å². The molecule has 2 saturated heterocycles. The zero-order chi connectivity index (χ0) is 12.5. The van der Waals surface area contributed by atoms with E-state index < -0.39 is 0 Å². The lowest BCUT2D eigenvalue weighted by atomic mass is 10.1. The van der Waals surface area contributed by atoms with Crippen molar-refractivity contribution < 1.29 is 9.59 Å². The molecular formula is C14H22N2O2. The molecule has 1 unspecified atom stereocenters. The molecule has 1 aliphatic carbocycles. The van der Waals surface area contributed by atoms with E-state index in [4.69, 9.17) is 0 Å². The first-order chi connectivity index (χ1) is 8.75. The zero-order valence-electron chi connectivity index (χ0n) is 10.9. The molecule has 3 fully saturated rings. The van der Waals surface area contributed by atoms with Crippen molar-refractivity contribution >= 4 is 11.8 Å². The Labute approximate surface area is 108 Å². The topological polar surface area (TPSA) is 40.6 Å². The summed E-state index contributed by atoms with van der Waals surface area (Å²) in [6.07, 6.45) is 7.44. The largest absolute Gasteiger partial charge is 0.342 e. The van der Waals surface area contributed by atoms with E-state index in [1.807, 2.05) is 9.80 Å². The van der Waals surface area contributed by atoms with Crippen LogP contribution in [0.5, 0.6) is 0 Å². The molecule has 1 atom stereocenters. The second-order valence-corrected chi connectivity index (χ2v) is 5.92. The van der Waals surface area contributed by atoms with Gasteiger partial charge in [-0.15, -0.1) is 0 Å². The molecular weight excluding hydrogens is 228 g/mol. The second kappa shape index (κ2) is 4.90. The number of rotatable bonds is 2. The highest BCUT2D eigenvalue weighted by Crippen LogP contribution is 2.30. The minimum atomic E-state index is -0.0591. The Morgan fingerprint density at radius 3 is 2.39 bits per heavy atom. The van der Waals surface area contributed by atoms with Crippen molar-refractivity contribution in [3.63, 3.8) is 0 Å². The number of nitrogens with zero attached hydrogens (tertiary/aromatic N) is 2. The zero-order valence-corrected chi connectivity index (χ0v) is 10.9. The molecule has 2 heterocycles. The van der Waals surface area contributed by atoms with Crippen LogP contribution in [0.15, 0.2) is 0 Å². The van der Waals surface area contributed by atoms with Gasteiger partial charge in [-0.2, -0.15) is 0 Å². The Hall–Kier alpha value is -1.06. The number of hydrogen-bond acceptors (Lipinski definition) is 2. The summed E-state index contributed by atoms with van der Waals surface area (Å²) in [6.45, 7) is 2.47. The second-order valence-electron chi connectivity index (χ2n) is 5.92. The van der Waals surface area contributed by atoms with Crippen molar-refractivity contribution in [1.29, 1.82) is 0 Å². The van der Waals surface area contributed by atoms with E-state index in [-0.39, 0.29) is 17.7 Å². The molecule has 18 heavy (non-hydrogen) atoms. The van der Waals surface area contributed by atoms with Crippen LogP contribution in [-0.2, 0) is 9.59 Å². The maximum absolute atomic E-state index is 12.3. The smallest absolute Gasteiger partial charge is 0.227 e. The van der Waals surface area contributed by atoms with E-state index in [0.29, 0.717) is 19.0 Å². The van der Waals surface area contributed by atoms with Crippen LogP contribution >= 0.6 is 0 Å². The van der Waals surface area contributed by atoms with Crippen LogP contribution < -0.4 is 0 Å². The minimum absolute atomic E-state index is 0.0591. The van der Waals surface area contributed by atoms with Gasteiger partial charge in [-0.1, -0.05) is 12.8 Å². The molecule has 2 amide bonds. The minimum Gasteiger partial charge on any atom is -0.342 e. The summed E-state index contributed by atoms with van der Waals surface area (Å²) in [6, 6.07) is 0.425. The van der Waals surface area contributed by atoms with Gasteiger partial charge in [0, 0.05) is 32.1 Å². The molecule has 0 spiro atoms. The predicted molar refractivity (Wildman–Crippen MR) is 67.9 cm³/mol. The number of carbonyl (C=O) groups excluding carboxylic acids is 2. The molecule has 2 aliphatic heterocycles. The van der Waals surface area contributed by atoms with Gasteiger partial charge in [0.25, 0.3) is 0 Å². The van der Waals surface area contributed by atoms with Crippen LogP contribution in [-0.4, -0.2) is 47.3 Å².